The van der Waals surface area contributed by atoms with Crippen LogP contribution >= 0.6 is 0 Å². The SMILES string of the molecule is O=C(c1ccc(C(=O)[O-])c(C(=O)[O-])c1)c1ccc(C(=O)[O-])c(C(=O)[O-])c1.[Na+].[Na+].[Na+]. The Kier molecular flexibility index (Phi) is 13.1. The standard InChI is InChI=1S/C17H10O9.3Na/c18-13(7-1-3-9(14(19)20)11(5-7)16(23)24)8-2-4-10(15(21)22)12(6-8)17(25)26;;;/h1-6H,(H,19,20)(H,21,22)(H,23,24)(H,25,26);;;/q;3*+1/p-4. The van der Waals surface area contributed by atoms with E-state index in [0.29, 0.717) is 0 Å². The summed E-state index contributed by atoms with van der Waals surface area (Å²) in [5.41, 5.74) is -3.60. The Morgan fingerprint density at radius 1 is 0.483 bits per heavy atom. The van der Waals surface area contributed by atoms with Gasteiger partial charge in [0.05, 0.1) is 23.9 Å². The van der Waals surface area contributed by atoms with Gasteiger partial charge in [-0.3, -0.25) is 4.79 Å². The quantitative estimate of drug-likeness (QED) is 0.322. The molecule has 12 heteroatoms. The molecule has 0 heterocycles. The molecule has 0 aliphatic rings. The third-order valence-electron chi connectivity index (χ3n) is 3.44. The minimum Gasteiger partial charge on any atom is -0.545 e. The maximum atomic E-state index is 12.4. The van der Waals surface area contributed by atoms with Crippen LogP contribution in [0.2, 0.25) is 0 Å². The predicted octanol–water partition coefficient (Wildman–Crippen LogP) is -12.6. The van der Waals surface area contributed by atoms with Gasteiger partial charge in [-0.2, -0.15) is 0 Å². The molecule has 2 rings (SSSR count). The van der Waals surface area contributed by atoms with Gasteiger partial charge in [-0.15, -0.1) is 0 Å². The molecule has 0 unspecified atom stereocenters. The third kappa shape index (κ3) is 7.02. The van der Waals surface area contributed by atoms with Gasteiger partial charge >= 0.3 is 88.7 Å². The number of carboxylic acids is 4. The number of rotatable bonds is 6. The van der Waals surface area contributed by atoms with Gasteiger partial charge in [0, 0.05) is 33.4 Å². The molecule has 2 aromatic carbocycles. The number of carbonyl (C=O) groups is 5. The average Bonchev–Trinajstić information content (AvgIpc) is 2.59. The summed E-state index contributed by atoms with van der Waals surface area (Å²) in [5, 5.41) is 43.8. The van der Waals surface area contributed by atoms with Crippen LogP contribution in [0.3, 0.4) is 0 Å². The second-order valence-corrected chi connectivity index (χ2v) is 5.00. The normalized spacial score (nSPS) is 9.10. The van der Waals surface area contributed by atoms with Crippen molar-refractivity contribution in [2.45, 2.75) is 0 Å². The first kappa shape index (κ1) is 30.2. The minimum absolute atomic E-state index is 0. The number of aromatic carboxylic acids is 4. The zero-order valence-electron chi connectivity index (χ0n) is 15.6. The summed E-state index contributed by atoms with van der Waals surface area (Å²) in [5.74, 6) is -8.19. The zero-order valence-corrected chi connectivity index (χ0v) is 21.6. The minimum atomic E-state index is -1.86. The van der Waals surface area contributed by atoms with Crippen LogP contribution in [0.15, 0.2) is 36.4 Å². The van der Waals surface area contributed by atoms with Crippen molar-refractivity contribution in [2.75, 3.05) is 0 Å². The van der Waals surface area contributed by atoms with Gasteiger partial charge in [-0.1, -0.05) is 24.3 Å². The van der Waals surface area contributed by atoms with Crippen molar-refractivity contribution in [3.63, 3.8) is 0 Å². The van der Waals surface area contributed by atoms with Gasteiger partial charge < -0.3 is 39.6 Å². The summed E-state index contributed by atoms with van der Waals surface area (Å²) in [6, 6.07) is 5.09. The molecule has 0 radical (unpaired) electrons. The maximum absolute atomic E-state index is 12.4. The average molecular weight is 423 g/mol. The van der Waals surface area contributed by atoms with Gasteiger partial charge in [0.2, 0.25) is 0 Å². The van der Waals surface area contributed by atoms with E-state index < -0.39 is 51.9 Å². The second-order valence-electron chi connectivity index (χ2n) is 5.00. The number of hydrogen-bond donors (Lipinski definition) is 0. The van der Waals surface area contributed by atoms with Crippen LogP contribution in [0.4, 0.5) is 0 Å². The fourth-order valence-corrected chi connectivity index (χ4v) is 2.23. The smallest absolute Gasteiger partial charge is 0.545 e. The summed E-state index contributed by atoms with van der Waals surface area (Å²) in [6.07, 6.45) is 0. The first-order valence-corrected chi connectivity index (χ1v) is 6.81. The molecule has 2 aromatic rings. The van der Waals surface area contributed by atoms with Gasteiger partial charge in [0.1, 0.15) is 0 Å². The fourth-order valence-electron chi connectivity index (χ4n) is 2.23. The molecule has 0 aliphatic carbocycles. The second kappa shape index (κ2) is 12.6. The Labute approximate surface area is 230 Å². The Morgan fingerprint density at radius 2 is 0.759 bits per heavy atom. The molecule has 0 fully saturated rings. The molecule has 0 aliphatic heterocycles. The number of carboxylic acid groups (broad SMARTS) is 4. The van der Waals surface area contributed by atoms with Gasteiger partial charge in [0.25, 0.3) is 0 Å². The van der Waals surface area contributed by atoms with E-state index >= 15 is 0 Å². The first-order valence-electron chi connectivity index (χ1n) is 6.81. The van der Waals surface area contributed by atoms with Crippen molar-refractivity contribution in [1.82, 2.24) is 0 Å². The van der Waals surface area contributed by atoms with Gasteiger partial charge in [-0.25, -0.2) is 0 Å². The van der Waals surface area contributed by atoms with E-state index in [1.54, 1.807) is 0 Å². The van der Waals surface area contributed by atoms with Crippen LogP contribution in [0, 0.1) is 0 Å². The molecule has 0 amide bonds. The largest absolute Gasteiger partial charge is 1.00 e. The van der Waals surface area contributed by atoms with Crippen molar-refractivity contribution >= 4 is 29.7 Å². The van der Waals surface area contributed by atoms with Crippen LogP contribution in [0.1, 0.15) is 57.4 Å². The van der Waals surface area contributed by atoms with Gasteiger partial charge in [-0.05, 0) is 12.1 Å². The van der Waals surface area contributed by atoms with Crippen molar-refractivity contribution in [3.05, 3.63) is 69.8 Å². The molecule has 0 saturated carbocycles. The van der Waals surface area contributed by atoms with Crippen LogP contribution in [-0.2, 0) is 0 Å². The van der Waals surface area contributed by atoms with E-state index in [-0.39, 0.29) is 99.8 Å². The van der Waals surface area contributed by atoms with Crippen molar-refractivity contribution in [1.29, 1.82) is 0 Å². The molecule has 0 spiro atoms. The molecule has 0 atom stereocenters. The van der Waals surface area contributed by atoms with E-state index in [9.17, 15) is 44.4 Å². The van der Waals surface area contributed by atoms with Crippen molar-refractivity contribution < 1.29 is 133 Å². The summed E-state index contributed by atoms with van der Waals surface area (Å²) < 4.78 is 0. The Bertz CT molecular complexity index is 909. The van der Waals surface area contributed by atoms with Gasteiger partial charge in [0.15, 0.2) is 5.78 Å². The monoisotopic (exact) mass is 423 g/mol. The van der Waals surface area contributed by atoms with E-state index in [4.69, 9.17) is 0 Å². The third-order valence-corrected chi connectivity index (χ3v) is 3.44. The summed E-state index contributed by atoms with van der Waals surface area (Å²) in [7, 11) is 0. The summed E-state index contributed by atoms with van der Waals surface area (Å²) in [6.45, 7) is 0. The summed E-state index contributed by atoms with van der Waals surface area (Å²) >= 11 is 0. The molecular weight excluding hydrogens is 417 g/mol. The molecule has 0 aromatic heterocycles. The molecule has 29 heavy (non-hydrogen) atoms. The Hall–Kier alpha value is -1.01. The van der Waals surface area contributed by atoms with E-state index in [1.165, 1.54) is 0 Å². The van der Waals surface area contributed by atoms with Crippen LogP contribution in [0.5, 0.6) is 0 Å². The topological polar surface area (TPSA) is 178 Å². The van der Waals surface area contributed by atoms with Crippen molar-refractivity contribution in [3.8, 4) is 0 Å². The molecule has 0 saturated heterocycles. The van der Waals surface area contributed by atoms with E-state index in [0.717, 1.165) is 36.4 Å². The van der Waals surface area contributed by atoms with Crippen LogP contribution in [0.25, 0.3) is 0 Å². The molecular formula is C17H6Na3O9-. The van der Waals surface area contributed by atoms with Crippen LogP contribution in [-0.4, -0.2) is 29.7 Å². The number of hydrogen-bond acceptors (Lipinski definition) is 9. The van der Waals surface area contributed by atoms with E-state index in [2.05, 4.69) is 0 Å². The molecule has 9 nitrogen and oxygen atoms in total. The summed E-state index contributed by atoms with van der Waals surface area (Å²) in [4.78, 5) is 56.2. The first-order chi connectivity index (χ1) is 12.1. The molecule has 0 N–H and O–H groups in total. The van der Waals surface area contributed by atoms with Crippen LogP contribution < -0.4 is 109 Å². The van der Waals surface area contributed by atoms with E-state index in [1.807, 2.05) is 0 Å². The number of benzene rings is 2. The Morgan fingerprint density at radius 3 is 1.00 bits per heavy atom. The number of carbonyl (C=O) groups excluding carboxylic acids is 5. The maximum Gasteiger partial charge on any atom is 1.00 e. The number of ketones is 1. The molecule has 0 bridgehead atoms. The zero-order chi connectivity index (χ0) is 19.6. The van der Waals surface area contributed by atoms with Crippen molar-refractivity contribution in [2.24, 2.45) is 0 Å². The predicted molar refractivity (Wildman–Crippen MR) is 73.6 cm³/mol. The Balaban J connectivity index is 0. The molecule has 132 valence electrons. The fraction of sp³-hybridized carbons (Fsp3) is 0.